The Morgan fingerprint density at radius 2 is 2.00 bits per heavy atom. The average Bonchev–Trinajstić information content (AvgIpc) is 3.04. The number of amides is 1. The molecule has 25 heavy (non-hydrogen) atoms. The Labute approximate surface area is 152 Å². The van der Waals surface area contributed by atoms with E-state index in [9.17, 15) is 4.79 Å². The van der Waals surface area contributed by atoms with Crippen LogP contribution in [0.2, 0.25) is 5.02 Å². The molecule has 1 aromatic heterocycles. The van der Waals surface area contributed by atoms with Gasteiger partial charge < -0.3 is 9.88 Å². The molecule has 5 heteroatoms. The number of hydrogen-bond donors (Lipinski definition) is 1. The monoisotopic (exact) mass is 353 g/mol. The molecule has 0 radical (unpaired) electrons. The zero-order chi connectivity index (χ0) is 17.8. The van der Waals surface area contributed by atoms with Gasteiger partial charge in [0.05, 0.1) is 10.6 Å². The van der Waals surface area contributed by atoms with Crippen molar-refractivity contribution in [1.29, 1.82) is 0 Å². The summed E-state index contributed by atoms with van der Waals surface area (Å²) < 4.78 is 2.12. The van der Waals surface area contributed by atoms with Crippen LogP contribution in [0.25, 0.3) is 0 Å². The van der Waals surface area contributed by atoms with Crippen LogP contribution in [-0.4, -0.2) is 15.5 Å². The second-order valence-corrected chi connectivity index (χ2v) is 6.61. The van der Waals surface area contributed by atoms with E-state index in [1.54, 1.807) is 24.3 Å². The van der Waals surface area contributed by atoms with E-state index in [0.717, 1.165) is 17.1 Å². The van der Waals surface area contributed by atoms with Gasteiger partial charge in [0.2, 0.25) is 0 Å². The Balaban J connectivity index is 1.77. The molecule has 0 saturated carbocycles. The highest BCUT2D eigenvalue weighted by Crippen LogP contribution is 2.19. The van der Waals surface area contributed by atoms with Crippen LogP contribution in [0.3, 0.4) is 0 Å². The van der Waals surface area contributed by atoms with E-state index in [1.807, 2.05) is 36.7 Å². The summed E-state index contributed by atoms with van der Waals surface area (Å²) in [5, 5.41) is 3.35. The predicted octanol–water partition coefficient (Wildman–Crippen LogP) is 4.96. The fourth-order valence-corrected chi connectivity index (χ4v) is 2.96. The summed E-state index contributed by atoms with van der Waals surface area (Å²) in [4.78, 5) is 16.8. The van der Waals surface area contributed by atoms with Crippen molar-refractivity contribution in [1.82, 2.24) is 9.55 Å². The third kappa shape index (κ3) is 4.09. The van der Waals surface area contributed by atoms with Gasteiger partial charge in [-0.05, 0) is 29.8 Å². The predicted molar refractivity (Wildman–Crippen MR) is 101 cm³/mol. The molecule has 0 aliphatic heterocycles. The van der Waals surface area contributed by atoms with E-state index in [2.05, 4.69) is 28.7 Å². The number of hydrogen-bond acceptors (Lipinski definition) is 2. The standard InChI is InChI=1S/C20H20ClN3O/c1-14(2)19-22-10-11-24(19)13-15-6-5-7-16(12-15)23-20(25)17-8-3-4-9-18(17)21/h3-12,14H,13H2,1-2H3,(H,23,25). The van der Waals surface area contributed by atoms with Gasteiger partial charge in [0.25, 0.3) is 5.91 Å². The van der Waals surface area contributed by atoms with Crippen LogP contribution in [0.1, 0.15) is 41.5 Å². The molecule has 0 aliphatic carbocycles. The molecule has 0 atom stereocenters. The Bertz CT molecular complexity index is 886. The quantitative estimate of drug-likeness (QED) is 0.704. The van der Waals surface area contributed by atoms with Gasteiger partial charge in [-0.15, -0.1) is 0 Å². The summed E-state index contributed by atoms with van der Waals surface area (Å²) in [5.74, 6) is 1.19. The maximum atomic E-state index is 12.4. The lowest BCUT2D eigenvalue weighted by Crippen LogP contribution is -2.13. The summed E-state index contributed by atoms with van der Waals surface area (Å²) in [7, 11) is 0. The highest BCUT2D eigenvalue weighted by molar-refractivity contribution is 6.34. The van der Waals surface area contributed by atoms with Crippen molar-refractivity contribution in [2.45, 2.75) is 26.3 Å². The number of nitrogens with one attached hydrogen (secondary N) is 1. The molecule has 0 spiro atoms. The second-order valence-electron chi connectivity index (χ2n) is 6.20. The molecular formula is C20H20ClN3O. The third-order valence-corrected chi connectivity index (χ3v) is 4.25. The molecule has 1 heterocycles. The van der Waals surface area contributed by atoms with Crippen LogP contribution < -0.4 is 5.32 Å². The number of aromatic nitrogens is 2. The lowest BCUT2D eigenvalue weighted by Gasteiger charge is -2.12. The number of imidazole rings is 1. The van der Waals surface area contributed by atoms with Crippen LogP contribution in [-0.2, 0) is 6.54 Å². The number of carbonyl (C=O) groups is 1. The molecular weight excluding hydrogens is 334 g/mol. The minimum Gasteiger partial charge on any atom is -0.330 e. The first-order valence-electron chi connectivity index (χ1n) is 8.20. The zero-order valence-electron chi connectivity index (χ0n) is 14.2. The molecule has 0 bridgehead atoms. The van der Waals surface area contributed by atoms with Gasteiger partial charge in [0, 0.05) is 30.5 Å². The topological polar surface area (TPSA) is 46.9 Å². The van der Waals surface area contributed by atoms with Crippen molar-refractivity contribution in [3.63, 3.8) is 0 Å². The fourth-order valence-electron chi connectivity index (χ4n) is 2.74. The van der Waals surface area contributed by atoms with Crippen LogP contribution >= 0.6 is 11.6 Å². The van der Waals surface area contributed by atoms with Crippen LogP contribution in [0, 0.1) is 0 Å². The zero-order valence-corrected chi connectivity index (χ0v) is 15.0. The minimum atomic E-state index is -0.215. The molecule has 3 aromatic rings. The summed E-state index contributed by atoms with van der Waals surface area (Å²) >= 11 is 6.09. The van der Waals surface area contributed by atoms with Gasteiger partial charge in [0.15, 0.2) is 0 Å². The molecule has 1 N–H and O–H groups in total. The van der Waals surface area contributed by atoms with Crippen molar-refractivity contribution >= 4 is 23.2 Å². The largest absolute Gasteiger partial charge is 0.330 e. The highest BCUT2D eigenvalue weighted by atomic mass is 35.5. The molecule has 3 rings (SSSR count). The summed E-state index contributed by atoms with van der Waals surface area (Å²) in [6.07, 6.45) is 3.79. The van der Waals surface area contributed by atoms with E-state index in [4.69, 9.17) is 11.6 Å². The normalized spacial score (nSPS) is 10.9. The van der Waals surface area contributed by atoms with Crippen molar-refractivity contribution in [2.75, 3.05) is 5.32 Å². The Kier molecular flexibility index (Phi) is 5.19. The van der Waals surface area contributed by atoms with Gasteiger partial charge in [-0.3, -0.25) is 4.79 Å². The number of carbonyl (C=O) groups excluding carboxylic acids is 1. The van der Waals surface area contributed by atoms with Crippen LogP contribution in [0.15, 0.2) is 60.9 Å². The van der Waals surface area contributed by atoms with E-state index in [-0.39, 0.29) is 5.91 Å². The van der Waals surface area contributed by atoms with E-state index < -0.39 is 0 Å². The van der Waals surface area contributed by atoms with Gasteiger partial charge >= 0.3 is 0 Å². The first-order chi connectivity index (χ1) is 12.0. The van der Waals surface area contributed by atoms with Crippen LogP contribution in [0.4, 0.5) is 5.69 Å². The molecule has 0 fully saturated rings. The molecule has 0 aliphatic rings. The van der Waals surface area contributed by atoms with Gasteiger partial charge in [-0.25, -0.2) is 4.98 Å². The van der Waals surface area contributed by atoms with E-state index in [0.29, 0.717) is 23.0 Å². The number of benzene rings is 2. The Morgan fingerprint density at radius 1 is 1.20 bits per heavy atom. The molecule has 4 nitrogen and oxygen atoms in total. The average molecular weight is 354 g/mol. The summed E-state index contributed by atoms with van der Waals surface area (Å²) in [6, 6.07) is 14.8. The summed E-state index contributed by atoms with van der Waals surface area (Å²) in [5.41, 5.74) is 2.30. The number of anilines is 1. The maximum Gasteiger partial charge on any atom is 0.257 e. The minimum absolute atomic E-state index is 0.215. The van der Waals surface area contributed by atoms with Crippen molar-refractivity contribution in [3.8, 4) is 0 Å². The number of halogens is 1. The number of nitrogens with zero attached hydrogens (tertiary/aromatic N) is 2. The van der Waals surface area contributed by atoms with Crippen molar-refractivity contribution < 1.29 is 4.79 Å². The SMILES string of the molecule is CC(C)c1nccn1Cc1cccc(NC(=O)c2ccccc2Cl)c1. The first-order valence-corrected chi connectivity index (χ1v) is 8.58. The van der Waals surface area contributed by atoms with Gasteiger partial charge in [0.1, 0.15) is 5.82 Å². The van der Waals surface area contributed by atoms with E-state index >= 15 is 0 Å². The maximum absolute atomic E-state index is 12.4. The molecule has 2 aromatic carbocycles. The third-order valence-electron chi connectivity index (χ3n) is 3.92. The first kappa shape index (κ1) is 17.2. The van der Waals surface area contributed by atoms with Gasteiger partial charge in [-0.2, -0.15) is 0 Å². The smallest absolute Gasteiger partial charge is 0.257 e. The molecule has 0 saturated heterocycles. The van der Waals surface area contributed by atoms with Crippen LogP contribution in [0.5, 0.6) is 0 Å². The van der Waals surface area contributed by atoms with E-state index in [1.165, 1.54) is 0 Å². The number of rotatable bonds is 5. The molecule has 0 unspecified atom stereocenters. The second kappa shape index (κ2) is 7.53. The molecule has 1 amide bonds. The summed E-state index contributed by atoms with van der Waals surface area (Å²) in [6.45, 7) is 4.96. The van der Waals surface area contributed by atoms with Gasteiger partial charge in [-0.1, -0.05) is 49.7 Å². The lowest BCUT2D eigenvalue weighted by atomic mass is 10.1. The van der Waals surface area contributed by atoms with Crippen molar-refractivity contribution in [2.24, 2.45) is 0 Å². The highest BCUT2D eigenvalue weighted by Gasteiger charge is 2.11. The van der Waals surface area contributed by atoms with Crippen molar-refractivity contribution in [3.05, 3.63) is 82.9 Å². The molecule has 128 valence electrons. The Morgan fingerprint density at radius 3 is 2.76 bits per heavy atom. The fraction of sp³-hybridized carbons (Fsp3) is 0.200. The Hall–Kier alpha value is -2.59. The lowest BCUT2D eigenvalue weighted by molar-refractivity contribution is 0.102.